The molecular weight excluding hydrogens is 398 g/mol. The molecule has 2 aromatic rings. The summed E-state index contributed by atoms with van der Waals surface area (Å²) < 4.78 is 0. The monoisotopic (exact) mass is 433 g/mol. The van der Waals surface area contributed by atoms with Gasteiger partial charge in [0.25, 0.3) is 0 Å². The van der Waals surface area contributed by atoms with E-state index in [2.05, 4.69) is 41.4 Å². The number of carbonyl (C=O) groups is 2. The van der Waals surface area contributed by atoms with Crippen molar-refractivity contribution in [3.63, 3.8) is 0 Å². The summed E-state index contributed by atoms with van der Waals surface area (Å²) in [6, 6.07) is 18.3. The predicted molar refractivity (Wildman–Crippen MR) is 129 cm³/mol. The number of piperidine rings is 2. The van der Waals surface area contributed by atoms with Crippen molar-refractivity contribution in [1.29, 1.82) is 0 Å². The van der Waals surface area contributed by atoms with Crippen molar-refractivity contribution in [2.24, 2.45) is 11.8 Å². The molecule has 0 spiro atoms. The average Bonchev–Trinajstić information content (AvgIpc) is 2.84. The van der Waals surface area contributed by atoms with Crippen molar-refractivity contribution in [3.8, 4) is 0 Å². The highest BCUT2D eigenvalue weighted by Crippen LogP contribution is 2.26. The number of nitrogens with zero attached hydrogens (tertiary/aromatic N) is 2. The predicted octanol–water partition coefficient (Wildman–Crippen LogP) is 5.11. The maximum Gasteiger partial charge on any atom is 0.321 e. The Morgan fingerprint density at radius 1 is 0.844 bits per heavy atom. The Morgan fingerprint density at radius 2 is 1.47 bits per heavy atom. The molecule has 0 radical (unpaired) electrons. The van der Waals surface area contributed by atoms with E-state index < -0.39 is 0 Å². The largest absolute Gasteiger partial charge is 0.342 e. The van der Waals surface area contributed by atoms with Gasteiger partial charge < -0.3 is 15.1 Å². The molecule has 2 aromatic carbocycles. The van der Waals surface area contributed by atoms with Crippen molar-refractivity contribution in [3.05, 3.63) is 65.7 Å². The fourth-order valence-electron chi connectivity index (χ4n) is 4.88. The van der Waals surface area contributed by atoms with Gasteiger partial charge in [0.15, 0.2) is 0 Å². The molecule has 0 aliphatic carbocycles. The summed E-state index contributed by atoms with van der Waals surface area (Å²) in [6.07, 6.45) is 6.07. The van der Waals surface area contributed by atoms with Crippen LogP contribution in [0.2, 0.25) is 0 Å². The van der Waals surface area contributed by atoms with Crippen LogP contribution in [0.5, 0.6) is 0 Å². The van der Waals surface area contributed by atoms with E-state index in [-0.39, 0.29) is 11.9 Å². The summed E-state index contributed by atoms with van der Waals surface area (Å²) in [5, 5.41) is 2.94. The van der Waals surface area contributed by atoms with Crippen LogP contribution in [0.4, 0.5) is 10.5 Å². The van der Waals surface area contributed by atoms with Crippen LogP contribution < -0.4 is 5.32 Å². The molecule has 32 heavy (non-hydrogen) atoms. The quantitative estimate of drug-likeness (QED) is 0.712. The van der Waals surface area contributed by atoms with Crippen LogP contribution in [-0.2, 0) is 11.2 Å². The minimum Gasteiger partial charge on any atom is -0.342 e. The minimum atomic E-state index is -0.0727. The summed E-state index contributed by atoms with van der Waals surface area (Å²) in [4.78, 5) is 29.4. The van der Waals surface area contributed by atoms with Crippen molar-refractivity contribution >= 4 is 17.6 Å². The summed E-state index contributed by atoms with van der Waals surface area (Å²) in [5.74, 6) is 1.06. The smallest absolute Gasteiger partial charge is 0.321 e. The zero-order valence-electron chi connectivity index (χ0n) is 19.1. The highest BCUT2D eigenvalue weighted by molar-refractivity contribution is 5.89. The zero-order chi connectivity index (χ0) is 22.3. The van der Waals surface area contributed by atoms with Crippen molar-refractivity contribution in [1.82, 2.24) is 9.80 Å². The summed E-state index contributed by atoms with van der Waals surface area (Å²) in [6.45, 7) is 5.17. The molecule has 5 nitrogen and oxygen atoms in total. The third kappa shape index (κ3) is 5.90. The Balaban J connectivity index is 1.17. The topological polar surface area (TPSA) is 52.7 Å². The van der Waals surface area contributed by atoms with E-state index in [1.54, 1.807) is 0 Å². The number of anilines is 1. The van der Waals surface area contributed by atoms with Crippen LogP contribution in [0, 0.1) is 18.8 Å². The Labute approximate surface area is 191 Å². The Bertz CT molecular complexity index is 881. The molecule has 5 heteroatoms. The Hall–Kier alpha value is -2.82. The van der Waals surface area contributed by atoms with Gasteiger partial charge in [0.05, 0.1) is 0 Å². The number of hydrogen-bond acceptors (Lipinski definition) is 2. The lowest BCUT2D eigenvalue weighted by molar-refractivity contribution is -0.138. The maximum atomic E-state index is 13.0. The number of benzene rings is 2. The molecule has 2 heterocycles. The molecule has 0 saturated carbocycles. The van der Waals surface area contributed by atoms with Gasteiger partial charge in [0.2, 0.25) is 5.91 Å². The van der Waals surface area contributed by atoms with Crippen molar-refractivity contribution in [2.45, 2.75) is 45.4 Å². The fraction of sp³-hybridized carbons (Fsp3) is 0.481. The lowest BCUT2D eigenvalue weighted by atomic mass is 9.89. The second-order valence-electron chi connectivity index (χ2n) is 9.35. The number of rotatable bonds is 5. The second-order valence-corrected chi connectivity index (χ2v) is 9.35. The van der Waals surface area contributed by atoms with Gasteiger partial charge in [-0.2, -0.15) is 0 Å². The number of nitrogens with one attached hydrogen (secondary N) is 1. The van der Waals surface area contributed by atoms with E-state index in [9.17, 15) is 9.59 Å². The average molecular weight is 434 g/mol. The lowest BCUT2D eigenvalue weighted by Crippen LogP contribution is -2.47. The maximum absolute atomic E-state index is 13.0. The number of amides is 3. The van der Waals surface area contributed by atoms with E-state index in [1.807, 2.05) is 35.2 Å². The van der Waals surface area contributed by atoms with Crippen molar-refractivity contribution < 1.29 is 9.59 Å². The Morgan fingerprint density at radius 3 is 2.12 bits per heavy atom. The van der Waals surface area contributed by atoms with Gasteiger partial charge in [0, 0.05) is 37.8 Å². The van der Waals surface area contributed by atoms with Gasteiger partial charge in [-0.1, -0.05) is 48.0 Å². The SMILES string of the molecule is Cc1ccc(CCC2CCN(C(=O)C3CCN(C(=O)Nc4ccccc4)CC3)CC2)cc1. The molecule has 170 valence electrons. The first-order chi connectivity index (χ1) is 15.6. The van der Waals surface area contributed by atoms with Gasteiger partial charge in [0.1, 0.15) is 0 Å². The highest BCUT2D eigenvalue weighted by atomic mass is 16.2. The number of urea groups is 1. The van der Waals surface area contributed by atoms with Crippen LogP contribution in [0.15, 0.2) is 54.6 Å². The molecule has 0 aromatic heterocycles. The second kappa shape index (κ2) is 10.7. The normalized spacial score (nSPS) is 17.9. The van der Waals surface area contributed by atoms with E-state index in [0.29, 0.717) is 24.9 Å². The minimum absolute atomic E-state index is 0.0554. The van der Waals surface area contributed by atoms with E-state index in [0.717, 1.165) is 50.9 Å². The molecule has 4 rings (SSSR count). The first kappa shape index (κ1) is 22.4. The van der Waals surface area contributed by atoms with Crippen LogP contribution >= 0.6 is 0 Å². The summed E-state index contributed by atoms with van der Waals surface area (Å²) in [5.41, 5.74) is 3.53. The summed E-state index contributed by atoms with van der Waals surface area (Å²) >= 11 is 0. The molecule has 2 fully saturated rings. The molecule has 0 atom stereocenters. The van der Waals surface area contributed by atoms with Crippen LogP contribution in [0.25, 0.3) is 0 Å². The zero-order valence-corrected chi connectivity index (χ0v) is 19.1. The van der Waals surface area contributed by atoms with Gasteiger partial charge >= 0.3 is 6.03 Å². The third-order valence-corrected chi connectivity index (χ3v) is 7.04. The molecule has 2 aliphatic rings. The molecule has 1 N–H and O–H groups in total. The van der Waals surface area contributed by atoms with Gasteiger partial charge in [-0.15, -0.1) is 0 Å². The molecule has 2 aliphatic heterocycles. The van der Waals surface area contributed by atoms with Crippen molar-refractivity contribution in [2.75, 3.05) is 31.5 Å². The highest BCUT2D eigenvalue weighted by Gasteiger charge is 2.32. The molecule has 3 amide bonds. The van der Waals surface area contributed by atoms with Crippen LogP contribution in [0.3, 0.4) is 0 Å². The molecular formula is C27H35N3O2. The first-order valence-corrected chi connectivity index (χ1v) is 12.0. The van der Waals surface area contributed by atoms with E-state index in [1.165, 1.54) is 17.5 Å². The number of hydrogen-bond donors (Lipinski definition) is 1. The molecule has 2 saturated heterocycles. The van der Waals surface area contributed by atoms with E-state index in [4.69, 9.17) is 0 Å². The number of carbonyl (C=O) groups excluding carboxylic acids is 2. The standard InChI is InChI=1S/C27H35N3O2/c1-21-7-9-22(10-8-21)11-12-23-13-17-29(18-14-23)26(31)24-15-19-30(20-16-24)27(32)28-25-5-3-2-4-6-25/h2-10,23-24H,11-20H2,1H3,(H,28,32). The van der Waals surface area contributed by atoms with Gasteiger partial charge in [-0.3, -0.25) is 4.79 Å². The number of likely N-dealkylation sites (tertiary alicyclic amines) is 2. The first-order valence-electron chi connectivity index (χ1n) is 12.0. The van der Waals surface area contributed by atoms with Gasteiger partial charge in [-0.05, 0) is 69.1 Å². The van der Waals surface area contributed by atoms with Crippen LogP contribution in [0.1, 0.15) is 43.2 Å². The number of para-hydroxylation sites is 1. The van der Waals surface area contributed by atoms with E-state index >= 15 is 0 Å². The fourth-order valence-corrected chi connectivity index (χ4v) is 4.88. The lowest BCUT2D eigenvalue weighted by Gasteiger charge is -2.37. The third-order valence-electron chi connectivity index (χ3n) is 7.04. The van der Waals surface area contributed by atoms with Gasteiger partial charge in [-0.25, -0.2) is 4.79 Å². The Kier molecular flexibility index (Phi) is 7.46. The summed E-state index contributed by atoms with van der Waals surface area (Å²) in [7, 11) is 0. The molecule has 0 bridgehead atoms. The van der Waals surface area contributed by atoms with Crippen LogP contribution in [-0.4, -0.2) is 47.9 Å². The molecule has 0 unspecified atom stereocenters. The number of aryl methyl sites for hydroxylation is 2.